The van der Waals surface area contributed by atoms with Crippen LogP contribution in [-0.4, -0.2) is 23.8 Å². The fraction of sp³-hybridized carbons (Fsp3) is 0.786. The van der Waals surface area contributed by atoms with E-state index in [4.69, 9.17) is 9.47 Å². The van der Waals surface area contributed by atoms with E-state index in [2.05, 4.69) is 6.58 Å². The Morgan fingerprint density at radius 1 is 1.35 bits per heavy atom. The van der Waals surface area contributed by atoms with Crippen LogP contribution in [0.15, 0.2) is 12.7 Å². The minimum atomic E-state index is -0.269. The average Bonchev–Trinajstić information content (AvgIpc) is 3.04. The van der Waals surface area contributed by atoms with Crippen molar-refractivity contribution >= 4 is 5.97 Å². The van der Waals surface area contributed by atoms with Gasteiger partial charge in [0.1, 0.15) is 5.60 Å². The smallest absolute Gasteiger partial charge is 0.330 e. The molecule has 1 saturated carbocycles. The molecule has 0 aromatic heterocycles. The standard InChI is InChI=1S/C14H20O3/c1-2-13(15)17-14(7-3-4-8-14)11-9-10-5-6-12(11)16-10/h2,10-12H,1,3-9H2. The van der Waals surface area contributed by atoms with Crippen molar-refractivity contribution in [3.63, 3.8) is 0 Å². The lowest BCUT2D eigenvalue weighted by atomic mass is 9.75. The largest absolute Gasteiger partial charge is 0.456 e. The van der Waals surface area contributed by atoms with Crippen molar-refractivity contribution in [1.29, 1.82) is 0 Å². The van der Waals surface area contributed by atoms with E-state index in [1.165, 1.54) is 12.5 Å². The first-order valence-electron chi connectivity index (χ1n) is 6.74. The number of carbonyl (C=O) groups is 1. The van der Waals surface area contributed by atoms with Crippen LogP contribution in [0.5, 0.6) is 0 Å². The Morgan fingerprint density at radius 3 is 2.65 bits per heavy atom. The van der Waals surface area contributed by atoms with Crippen LogP contribution in [0.2, 0.25) is 0 Å². The van der Waals surface area contributed by atoms with Gasteiger partial charge in [-0.05, 0) is 44.9 Å². The number of hydrogen-bond donors (Lipinski definition) is 0. The first-order valence-corrected chi connectivity index (χ1v) is 6.74. The number of ether oxygens (including phenoxy) is 2. The zero-order valence-corrected chi connectivity index (χ0v) is 10.2. The molecule has 0 spiro atoms. The predicted octanol–water partition coefficient (Wildman–Crippen LogP) is 2.60. The fourth-order valence-electron chi connectivity index (χ4n) is 3.96. The van der Waals surface area contributed by atoms with E-state index in [-0.39, 0.29) is 11.6 Å². The van der Waals surface area contributed by atoms with Crippen molar-refractivity contribution in [2.24, 2.45) is 5.92 Å². The van der Waals surface area contributed by atoms with Gasteiger partial charge < -0.3 is 9.47 Å². The van der Waals surface area contributed by atoms with Crippen molar-refractivity contribution in [1.82, 2.24) is 0 Å². The Balaban J connectivity index is 1.79. The van der Waals surface area contributed by atoms with E-state index >= 15 is 0 Å². The molecule has 94 valence electrons. The molecule has 2 bridgehead atoms. The molecule has 2 heterocycles. The Morgan fingerprint density at radius 2 is 2.12 bits per heavy atom. The van der Waals surface area contributed by atoms with Crippen LogP contribution in [-0.2, 0) is 14.3 Å². The first kappa shape index (κ1) is 11.3. The average molecular weight is 236 g/mol. The lowest BCUT2D eigenvalue weighted by Gasteiger charge is -2.37. The van der Waals surface area contributed by atoms with Gasteiger partial charge in [0, 0.05) is 12.0 Å². The molecule has 3 nitrogen and oxygen atoms in total. The molecule has 3 heteroatoms. The maximum atomic E-state index is 11.6. The van der Waals surface area contributed by atoms with Gasteiger partial charge >= 0.3 is 5.97 Å². The molecule has 3 fully saturated rings. The Labute approximate surface area is 102 Å². The quantitative estimate of drug-likeness (QED) is 0.558. The molecular weight excluding hydrogens is 216 g/mol. The van der Waals surface area contributed by atoms with E-state index in [9.17, 15) is 4.79 Å². The maximum absolute atomic E-state index is 11.6. The van der Waals surface area contributed by atoms with Gasteiger partial charge in [-0.2, -0.15) is 0 Å². The van der Waals surface area contributed by atoms with Crippen molar-refractivity contribution in [3.05, 3.63) is 12.7 Å². The van der Waals surface area contributed by atoms with Crippen LogP contribution in [0.1, 0.15) is 44.9 Å². The molecule has 2 saturated heterocycles. The Kier molecular flexibility index (Phi) is 2.74. The summed E-state index contributed by atoms with van der Waals surface area (Å²) in [6.45, 7) is 3.50. The van der Waals surface area contributed by atoms with Crippen LogP contribution in [0.4, 0.5) is 0 Å². The summed E-state index contributed by atoms with van der Waals surface area (Å²) in [6, 6.07) is 0. The van der Waals surface area contributed by atoms with Gasteiger partial charge in [-0.15, -0.1) is 0 Å². The number of carbonyl (C=O) groups excluding carboxylic acids is 1. The van der Waals surface area contributed by atoms with E-state index in [0.29, 0.717) is 18.1 Å². The van der Waals surface area contributed by atoms with Crippen LogP contribution in [0.3, 0.4) is 0 Å². The lowest BCUT2D eigenvalue weighted by molar-refractivity contribution is -0.161. The van der Waals surface area contributed by atoms with E-state index in [0.717, 1.165) is 38.5 Å². The third kappa shape index (κ3) is 1.81. The maximum Gasteiger partial charge on any atom is 0.330 e. The molecular formula is C14H20O3. The highest BCUT2D eigenvalue weighted by Gasteiger charge is 2.54. The van der Waals surface area contributed by atoms with Gasteiger partial charge in [-0.25, -0.2) is 4.79 Å². The highest BCUT2D eigenvalue weighted by molar-refractivity contribution is 5.81. The molecule has 3 atom stereocenters. The molecule has 17 heavy (non-hydrogen) atoms. The van der Waals surface area contributed by atoms with Gasteiger partial charge in [0.2, 0.25) is 0 Å². The summed E-state index contributed by atoms with van der Waals surface area (Å²) in [7, 11) is 0. The zero-order valence-electron chi connectivity index (χ0n) is 10.2. The van der Waals surface area contributed by atoms with E-state index in [1.54, 1.807) is 0 Å². The van der Waals surface area contributed by atoms with Crippen LogP contribution < -0.4 is 0 Å². The number of fused-ring (bicyclic) bond motifs is 2. The summed E-state index contributed by atoms with van der Waals surface area (Å²) in [5, 5.41) is 0. The minimum Gasteiger partial charge on any atom is -0.456 e. The highest BCUT2D eigenvalue weighted by Crippen LogP contribution is 2.51. The second-order valence-corrected chi connectivity index (χ2v) is 5.61. The summed E-state index contributed by atoms with van der Waals surface area (Å²) < 4.78 is 11.7. The second kappa shape index (κ2) is 4.13. The summed E-state index contributed by atoms with van der Waals surface area (Å²) in [5.74, 6) is 0.155. The number of esters is 1. The molecule has 2 aliphatic heterocycles. The molecule has 1 aliphatic carbocycles. The van der Waals surface area contributed by atoms with Crippen LogP contribution >= 0.6 is 0 Å². The SMILES string of the molecule is C=CC(=O)OC1(C2CC3CCC2O3)CCCC1. The topological polar surface area (TPSA) is 35.5 Å². The Bertz CT molecular complexity index is 330. The van der Waals surface area contributed by atoms with Crippen molar-refractivity contribution in [2.75, 3.05) is 0 Å². The van der Waals surface area contributed by atoms with Gasteiger partial charge in [-0.3, -0.25) is 0 Å². The monoisotopic (exact) mass is 236 g/mol. The van der Waals surface area contributed by atoms with Gasteiger partial charge in [0.15, 0.2) is 0 Å². The summed E-state index contributed by atoms with van der Waals surface area (Å²) in [6.07, 6.45) is 9.78. The first-order chi connectivity index (χ1) is 8.23. The molecule has 3 aliphatic rings. The predicted molar refractivity (Wildman–Crippen MR) is 63.5 cm³/mol. The molecule has 0 amide bonds. The lowest BCUT2D eigenvalue weighted by Crippen LogP contribution is -2.44. The molecule has 0 radical (unpaired) electrons. The molecule has 0 aromatic rings. The normalized spacial score (nSPS) is 38.2. The molecule has 0 N–H and O–H groups in total. The highest BCUT2D eigenvalue weighted by atomic mass is 16.6. The van der Waals surface area contributed by atoms with Gasteiger partial charge in [-0.1, -0.05) is 6.58 Å². The van der Waals surface area contributed by atoms with Crippen molar-refractivity contribution in [3.8, 4) is 0 Å². The van der Waals surface area contributed by atoms with Gasteiger partial charge in [0.25, 0.3) is 0 Å². The zero-order chi connectivity index (χ0) is 11.9. The van der Waals surface area contributed by atoms with Crippen molar-refractivity contribution < 1.29 is 14.3 Å². The van der Waals surface area contributed by atoms with Crippen LogP contribution in [0, 0.1) is 5.92 Å². The summed E-state index contributed by atoms with van der Waals surface area (Å²) >= 11 is 0. The molecule has 0 aromatic carbocycles. The fourth-order valence-corrected chi connectivity index (χ4v) is 3.96. The number of hydrogen-bond acceptors (Lipinski definition) is 3. The summed E-state index contributed by atoms with van der Waals surface area (Å²) in [5.41, 5.74) is -0.245. The third-order valence-corrected chi connectivity index (χ3v) is 4.70. The molecule has 3 unspecified atom stereocenters. The molecule has 3 rings (SSSR count). The second-order valence-electron chi connectivity index (χ2n) is 5.61. The third-order valence-electron chi connectivity index (χ3n) is 4.70. The number of rotatable bonds is 3. The van der Waals surface area contributed by atoms with Gasteiger partial charge in [0.05, 0.1) is 12.2 Å². The van der Waals surface area contributed by atoms with Crippen molar-refractivity contribution in [2.45, 2.75) is 62.8 Å². The minimum absolute atomic E-state index is 0.245. The Hall–Kier alpha value is -0.830. The van der Waals surface area contributed by atoms with E-state index < -0.39 is 0 Å². The van der Waals surface area contributed by atoms with Crippen LogP contribution in [0.25, 0.3) is 0 Å². The van der Waals surface area contributed by atoms with E-state index in [1.807, 2.05) is 0 Å². The summed E-state index contributed by atoms with van der Waals surface area (Å²) in [4.78, 5) is 11.6.